The van der Waals surface area contributed by atoms with E-state index in [1.54, 1.807) is 5.57 Å². The van der Waals surface area contributed by atoms with Gasteiger partial charge in [-0.15, -0.1) is 0 Å². The molecule has 0 spiro atoms. The molecule has 4 rings (SSSR count). The highest BCUT2D eigenvalue weighted by Crippen LogP contribution is 2.65. The van der Waals surface area contributed by atoms with Crippen LogP contribution in [0.25, 0.3) is 0 Å². The topological polar surface area (TPSA) is 46.5 Å². The van der Waals surface area contributed by atoms with Crippen LogP contribution >= 0.6 is 0 Å². The second kappa shape index (κ2) is 5.86. The Bertz CT molecular complexity index is 553. The fourth-order valence-electron chi connectivity index (χ4n) is 7.01. The van der Waals surface area contributed by atoms with Gasteiger partial charge < -0.3 is 9.84 Å². The summed E-state index contributed by atoms with van der Waals surface area (Å²) in [7, 11) is 0. The molecule has 3 fully saturated rings. The van der Waals surface area contributed by atoms with Crippen LogP contribution in [0.5, 0.6) is 0 Å². The number of rotatable bonds is 2. The number of carbonyl (C=O) groups excluding carboxylic acids is 1. The van der Waals surface area contributed by atoms with Gasteiger partial charge in [-0.25, -0.2) is 0 Å². The minimum absolute atomic E-state index is 0.0989. The number of ether oxygens (including phenoxy) is 1. The highest BCUT2D eigenvalue weighted by Gasteiger charge is 2.59. The zero-order valence-electron chi connectivity index (χ0n) is 15.2. The van der Waals surface area contributed by atoms with E-state index in [2.05, 4.69) is 13.0 Å². The van der Waals surface area contributed by atoms with E-state index in [0.717, 1.165) is 12.8 Å². The molecule has 3 nitrogen and oxygen atoms in total. The summed E-state index contributed by atoms with van der Waals surface area (Å²) in [5.74, 6) is 1.85. The van der Waals surface area contributed by atoms with Crippen molar-refractivity contribution >= 4 is 5.97 Å². The van der Waals surface area contributed by atoms with Gasteiger partial charge in [-0.2, -0.15) is 0 Å². The highest BCUT2D eigenvalue weighted by atomic mass is 16.5. The Hall–Kier alpha value is -0.830. The Balaban J connectivity index is 1.67. The van der Waals surface area contributed by atoms with Gasteiger partial charge in [0.25, 0.3) is 0 Å². The van der Waals surface area contributed by atoms with E-state index in [4.69, 9.17) is 4.74 Å². The Labute approximate surface area is 145 Å². The van der Waals surface area contributed by atoms with Crippen molar-refractivity contribution in [2.24, 2.45) is 28.6 Å². The van der Waals surface area contributed by atoms with Crippen molar-refractivity contribution in [1.29, 1.82) is 0 Å². The summed E-state index contributed by atoms with van der Waals surface area (Å²) in [5, 5.41) is 10.6. The van der Waals surface area contributed by atoms with Crippen molar-refractivity contribution in [2.75, 3.05) is 6.61 Å². The molecular weight excluding hydrogens is 300 g/mol. The predicted octanol–water partition coefficient (Wildman–Crippen LogP) is 4.24. The number of hydrogen-bond donors (Lipinski definition) is 1. The van der Waals surface area contributed by atoms with Crippen molar-refractivity contribution in [2.45, 2.75) is 77.7 Å². The minimum Gasteiger partial charge on any atom is -0.465 e. The van der Waals surface area contributed by atoms with Crippen LogP contribution in [0.2, 0.25) is 0 Å². The van der Waals surface area contributed by atoms with Gasteiger partial charge in [-0.3, -0.25) is 4.79 Å². The molecule has 0 aromatic heterocycles. The number of carbonyl (C=O) groups is 1. The van der Waals surface area contributed by atoms with Gasteiger partial charge in [-0.05, 0) is 81.0 Å². The summed E-state index contributed by atoms with van der Waals surface area (Å²) < 4.78 is 5.62. The fraction of sp³-hybridized carbons (Fsp3) is 0.857. The zero-order valence-corrected chi connectivity index (χ0v) is 15.2. The SMILES string of the molecule is CC(=O)OCC12CCCC=C1CCC1C2CCC2(C)C(O)CCC12. The van der Waals surface area contributed by atoms with E-state index < -0.39 is 0 Å². The van der Waals surface area contributed by atoms with Gasteiger partial charge in [0.1, 0.15) is 6.61 Å². The molecule has 3 saturated carbocycles. The molecule has 6 atom stereocenters. The second-order valence-corrected chi connectivity index (χ2v) is 9.11. The molecule has 134 valence electrons. The van der Waals surface area contributed by atoms with E-state index in [1.807, 2.05) is 0 Å². The lowest BCUT2D eigenvalue weighted by molar-refractivity contribution is -0.150. The van der Waals surface area contributed by atoms with Crippen LogP contribution < -0.4 is 0 Å². The number of esters is 1. The van der Waals surface area contributed by atoms with Gasteiger partial charge >= 0.3 is 5.97 Å². The maximum atomic E-state index is 11.5. The molecule has 0 bridgehead atoms. The number of allylic oxidation sites excluding steroid dienone is 1. The van der Waals surface area contributed by atoms with Crippen LogP contribution in [0, 0.1) is 28.6 Å². The van der Waals surface area contributed by atoms with E-state index in [1.165, 1.54) is 51.9 Å². The first-order valence-electron chi connectivity index (χ1n) is 9.98. The predicted molar refractivity (Wildman–Crippen MR) is 93.3 cm³/mol. The molecule has 1 N–H and O–H groups in total. The quantitative estimate of drug-likeness (QED) is 0.607. The first-order chi connectivity index (χ1) is 11.5. The molecule has 0 radical (unpaired) electrons. The normalized spacial score (nSPS) is 47.2. The molecular formula is C21H32O3. The van der Waals surface area contributed by atoms with Gasteiger partial charge in [0.05, 0.1) is 6.10 Å². The summed E-state index contributed by atoms with van der Waals surface area (Å²) in [6.07, 6.45) is 12.9. The summed E-state index contributed by atoms with van der Waals surface area (Å²) in [6.45, 7) is 4.45. The molecule has 3 heteroatoms. The molecule has 0 saturated heterocycles. The Morgan fingerprint density at radius 1 is 1.25 bits per heavy atom. The maximum Gasteiger partial charge on any atom is 0.302 e. The lowest BCUT2D eigenvalue weighted by Gasteiger charge is -2.58. The largest absolute Gasteiger partial charge is 0.465 e. The van der Waals surface area contributed by atoms with Crippen LogP contribution in [0.3, 0.4) is 0 Å². The van der Waals surface area contributed by atoms with Gasteiger partial charge in [-0.1, -0.05) is 18.6 Å². The zero-order chi connectivity index (χ0) is 16.9. The van der Waals surface area contributed by atoms with E-state index in [-0.39, 0.29) is 22.9 Å². The van der Waals surface area contributed by atoms with Gasteiger partial charge in [0.15, 0.2) is 0 Å². The van der Waals surface area contributed by atoms with Crippen LogP contribution in [0.1, 0.15) is 71.6 Å². The molecule has 0 heterocycles. The minimum atomic E-state index is -0.145. The first kappa shape index (κ1) is 16.6. The smallest absolute Gasteiger partial charge is 0.302 e. The van der Waals surface area contributed by atoms with Crippen molar-refractivity contribution in [1.82, 2.24) is 0 Å². The first-order valence-corrected chi connectivity index (χ1v) is 9.98. The molecule has 4 aliphatic rings. The summed E-state index contributed by atoms with van der Waals surface area (Å²) in [6, 6.07) is 0. The summed E-state index contributed by atoms with van der Waals surface area (Å²) in [4.78, 5) is 11.5. The Morgan fingerprint density at radius 3 is 2.88 bits per heavy atom. The lowest BCUT2D eigenvalue weighted by Crippen LogP contribution is -2.53. The third kappa shape index (κ3) is 2.30. The highest BCUT2D eigenvalue weighted by molar-refractivity contribution is 5.66. The summed E-state index contributed by atoms with van der Waals surface area (Å²) >= 11 is 0. The number of fused-ring (bicyclic) bond motifs is 5. The van der Waals surface area contributed by atoms with Crippen LogP contribution in [0.15, 0.2) is 11.6 Å². The van der Waals surface area contributed by atoms with Crippen LogP contribution in [0.4, 0.5) is 0 Å². The monoisotopic (exact) mass is 332 g/mol. The summed E-state index contributed by atoms with van der Waals surface area (Å²) in [5.41, 5.74) is 1.81. The average Bonchev–Trinajstić information content (AvgIpc) is 2.88. The molecule has 0 aromatic carbocycles. The number of aliphatic hydroxyl groups is 1. The average molecular weight is 332 g/mol. The standard InChI is InChI=1S/C21H32O3/c1-14(22)24-13-21-11-4-3-5-15(21)6-7-16-17-8-9-19(23)20(17,2)12-10-18(16)21/h5,16-19,23H,3-4,6-13H2,1-2H3. The maximum absolute atomic E-state index is 11.5. The molecule has 0 aromatic rings. The van der Waals surface area contributed by atoms with Gasteiger partial charge in [0.2, 0.25) is 0 Å². The van der Waals surface area contributed by atoms with Crippen LogP contribution in [-0.4, -0.2) is 23.8 Å². The molecule has 6 unspecified atom stereocenters. The van der Waals surface area contributed by atoms with Gasteiger partial charge in [0, 0.05) is 12.3 Å². The number of hydrogen-bond acceptors (Lipinski definition) is 3. The molecule has 24 heavy (non-hydrogen) atoms. The Morgan fingerprint density at radius 2 is 2.08 bits per heavy atom. The van der Waals surface area contributed by atoms with E-state index >= 15 is 0 Å². The van der Waals surface area contributed by atoms with E-state index in [0.29, 0.717) is 24.4 Å². The van der Waals surface area contributed by atoms with Crippen molar-refractivity contribution in [3.8, 4) is 0 Å². The molecule has 0 aliphatic heterocycles. The second-order valence-electron chi connectivity index (χ2n) is 9.11. The third-order valence-corrected chi connectivity index (χ3v) is 8.23. The Kier molecular flexibility index (Phi) is 4.06. The molecule has 0 amide bonds. The lowest BCUT2D eigenvalue weighted by atomic mass is 9.47. The fourth-order valence-corrected chi connectivity index (χ4v) is 7.01. The van der Waals surface area contributed by atoms with E-state index in [9.17, 15) is 9.90 Å². The van der Waals surface area contributed by atoms with Crippen molar-refractivity contribution in [3.63, 3.8) is 0 Å². The van der Waals surface area contributed by atoms with Crippen LogP contribution in [-0.2, 0) is 9.53 Å². The third-order valence-electron chi connectivity index (χ3n) is 8.23. The molecule has 4 aliphatic carbocycles. The number of aliphatic hydroxyl groups excluding tert-OH is 1. The van der Waals surface area contributed by atoms with Crippen molar-refractivity contribution < 1.29 is 14.6 Å². The van der Waals surface area contributed by atoms with Crippen molar-refractivity contribution in [3.05, 3.63) is 11.6 Å².